The van der Waals surface area contributed by atoms with Crippen molar-refractivity contribution in [2.24, 2.45) is 0 Å². The Morgan fingerprint density at radius 2 is 1.95 bits per heavy atom. The molecule has 4 rings (SSSR count). The fourth-order valence-corrected chi connectivity index (χ4v) is 3.24. The topological polar surface area (TPSA) is 31.2 Å². The third-order valence-corrected chi connectivity index (χ3v) is 4.33. The highest BCUT2D eigenvalue weighted by molar-refractivity contribution is 7.10. The van der Waals surface area contributed by atoms with E-state index in [4.69, 9.17) is 4.74 Å². The molecule has 1 aliphatic rings. The zero-order valence-corrected chi connectivity index (χ0v) is 11.3. The summed E-state index contributed by atoms with van der Waals surface area (Å²) in [6.45, 7) is 0. The van der Waals surface area contributed by atoms with E-state index in [0.29, 0.717) is 5.69 Å². The van der Waals surface area contributed by atoms with Gasteiger partial charge in [0.2, 0.25) is 5.78 Å². The Morgan fingerprint density at radius 1 is 1.05 bits per heavy atom. The molecule has 0 saturated carbocycles. The molecule has 0 aliphatic carbocycles. The molecule has 3 nitrogen and oxygen atoms in total. The molecule has 0 fully saturated rings. The highest BCUT2D eigenvalue weighted by Gasteiger charge is 2.31. The van der Waals surface area contributed by atoms with Crippen LogP contribution >= 0.6 is 11.3 Å². The van der Waals surface area contributed by atoms with Gasteiger partial charge < -0.3 is 9.30 Å². The highest BCUT2D eigenvalue weighted by atomic mass is 32.1. The summed E-state index contributed by atoms with van der Waals surface area (Å²) in [5.74, 6) is 0.725. The highest BCUT2D eigenvalue weighted by Crippen LogP contribution is 2.36. The molecule has 1 atom stereocenters. The van der Waals surface area contributed by atoms with E-state index in [1.807, 2.05) is 64.7 Å². The van der Waals surface area contributed by atoms with Gasteiger partial charge in [-0.2, -0.15) is 0 Å². The summed E-state index contributed by atoms with van der Waals surface area (Å²) in [6, 6.07) is 15.3. The Morgan fingerprint density at radius 3 is 2.80 bits per heavy atom. The smallest absolute Gasteiger partial charge is 0.225 e. The minimum Gasteiger partial charge on any atom is -0.474 e. The maximum absolute atomic E-state index is 12.7. The number of fused-ring (bicyclic) bond motifs is 3. The first-order valence-electron chi connectivity index (χ1n) is 6.35. The monoisotopic (exact) mass is 281 g/mol. The van der Waals surface area contributed by atoms with Crippen LogP contribution in [0, 0.1) is 0 Å². The van der Waals surface area contributed by atoms with E-state index in [9.17, 15) is 4.79 Å². The van der Waals surface area contributed by atoms with Gasteiger partial charge in [-0.1, -0.05) is 18.2 Å². The zero-order valence-electron chi connectivity index (χ0n) is 10.5. The molecular formula is C16H11NO2S. The minimum atomic E-state index is -0.563. The van der Waals surface area contributed by atoms with Crippen LogP contribution in [0.2, 0.25) is 0 Å². The molecule has 0 N–H and O–H groups in total. The van der Waals surface area contributed by atoms with E-state index < -0.39 is 6.10 Å². The second-order valence-electron chi connectivity index (χ2n) is 4.61. The van der Waals surface area contributed by atoms with Crippen molar-refractivity contribution in [3.05, 3.63) is 70.7 Å². The van der Waals surface area contributed by atoms with Crippen molar-refractivity contribution in [1.82, 2.24) is 4.57 Å². The average Bonchev–Trinajstić information content (AvgIpc) is 3.14. The van der Waals surface area contributed by atoms with Gasteiger partial charge in [0.25, 0.3) is 0 Å². The standard InChI is InChI=1S/C16H11NO2S/c18-15-12-6-3-9-17(12)11-5-1-2-7-13(11)19-16(15)14-8-4-10-20-14/h1-10,16H. The quantitative estimate of drug-likeness (QED) is 0.678. The summed E-state index contributed by atoms with van der Waals surface area (Å²) < 4.78 is 7.89. The molecule has 0 bridgehead atoms. The molecule has 0 radical (unpaired) electrons. The van der Waals surface area contributed by atoms with Crippen LogP contribution in [-0.4, -0.2) is 10.4 Å². The summed E-state index contributed by atoms with van der Waals surface area (Å²) in [4.78, 5) is 13.7. The lowest BCUT2D eigenvalue weighted by Gasteiger charge is -2.14. The molecule has 3 heterocycles. The number of carbonyl (C=O) groups is 1. The third-order valence-electron chi connectivity index (χ3n) is 3.41. The van der Waals surface area contributed by atoms with Gasteiger partial charge in [-0.15, -0.1) is 11.3 Å². The van der Waals surface area contributed by atoms with E-state index in [0.717, 1.165) is 16.3 Å². The van der Waals surface area contributed by atoms with E-state index in [-0.39, 0.29) is 5.78 Å². The van der Waals surface area contributed by atoms with Gasteiger partial charge in [-0.05, 0) is 35.7 Å². The van der Waals surface area contributed by atoms with Crippen molar-refractivity contribution in [3.63, 3.8) is 0 Å². The predicted molar refractivity (Wildman–Crippen MR) is 77.8 cm³/mol. The molecule has 1 aromatic carbocycles. The van der Waals surface area contributed by atoms with E-state index >= 15 is 0 Å². The number of para-hydroxylation sites is 2. The Balaban J connectivity index is 1.95. The van der Waals surface area contributed by atoms with Crippen molar-refractivity contribution in [2.75, 3.05) is 0 Å². The first-order chi connectivity index (χ1) is 9.84. The number of hydrogen-bond acceptors (Lipinski definition) is 3. The van der Waals surface area contributed by atoms with Crippen LogP contribution in [0.25, 0.3) is 5.69 Å². The van der Waals surface area contributed by atoms with Crippen molar-refractivity contribution >= 4 is 17.1 Å². The average molecular weight is 281 g/mol. The number of ketones is 1. The van der Waals surface area contributed by atoms with Crippen LogP contribution < -0.4 is 4.74 Å². The van der Waals surface area contributed by atoms with Crippen LogP contribution in [0.15, 0.2) is 60.1 Å². The minimum absolute atomic E-state index is 0.00588. The molecule has 4 heteroatoms. The van der Waals surface area contributed by atoms with Crippen molar-refractivity contribution in [1.29, 1.82) is 0 Å². The molecule has 20 heavy (non-hydrogen) atoms. The normalized spacial score (nSPS) is 17.0. The number of benzene rings is 1. The summed E-state index contributed by atoms with van der Waals surface area (Å²) in [5, 5.41) is 1.96. The first-order valence-corrected chi connectivity index (χ1v) is 7.23. The molecule has 0 amide bonds. The summed E-state index contributed by atoms with van der Waals surface area (Å²) in [6.07, 6.45) is 1.33. The lowest BCUT2D eigenvalue weighted by molar-refractivity contribution is 0.0801. The molecule has 1 unspecified atom stereocenters. The number of nitrogens with zero attached hydrogens (tertiary/aromatic N) is 1. The number of hydrogen-bond donors (Lipinski definition) is 0. The summed E-state index contributed by atoms with van der Waals surface area (Å²) in [5.41, 5.74) is 1.56. The lowest BCUT2D eigenvalue weighted by atomic mass is 10.1. The maximum atomic E-state index is 12.7. The molecule has 98 valence electrons. The van der Waals surface area contributed by atoms with Gasteiger partial charge in [-0.3, -0.25) is 4.79 Å². The Bertz CT molecular complexity index is 773. The molecule has 0 saturated heterocycles. The van der Waals surface area contributed by atoms with Crippen molar-refractivity contribution in [2.45, 2.75) is 6.10 Å². The van der Waals surface area contributed by atoms with Crippen LogP contribution in [-0.2, 0) is 0 Å². The molecule has 2 aromatic heterocycles. The van der Waals surface area contributed by atoms with E-state index in [2.05, 4.69) is 0 Å². The number of aromatic nitrogens is 1. The molecule has 1 aliphatic heterocycles. The Hall–Kier alpha value is -2.33. The summed E-state index contributed by atoms with van der Waals surface area (Å²) >= 11 is 1.54. The van der Waals surface area contributed by atoms with E-state index in [1.165, 1.54) is 11.3 Å². The van der Waals surface area contributed by atoms with Gasteiger partial charge in [-0.25, -0.2) is 0 Å². The molecule has 0 spiro atoms. The van der Waals surface area contributed by atoms with Gasteiger partial charge in [0.15, 0.2) is 6.10 Å². The first kappa shape index (κ1) is 11.5. The third kappa shape index (κ3) is 1.62. The zero-order chi connectivity index (χ0) is 13.5. The number of thiophene rings is 1. The van der Waals surface area contributed by atoms with Gasteiger partial charge in [0, 0.05) is 6.20 Å². The lowest BCUT2D eigenvalue weighted by Crippen LogP contribution is -2.17. The number of ether oxygens (including phenoxy) is 1. The number of carbonyl (C=O) groups excluding carboxylic acids is 1. The van der Waals surface area contributed by atoms with Gasteiger partial charge in [0.1, 0.15) is 5.75 Å². The van der Waals surface area contributed by atoms with E-state index in [1.54, 1.807) is 0 Å². The SMILES string of the molecule is O=C1c2cccn2-c2ccccc2OC1c1cccs1. The fraction of sp³-hybridized carbons (Fsp3) is 0.0625. The number of rotatable bonds is 1. The second kappa shape index (κ2) is 4.35. The van der Waals surface area contributed by atoms with Gasteiger partial charge >= 0.3 is 0 Å². The Labute approximate surface area is 120 Å². The maximum Gasteiger partial charge on any atom is 0.225 e. The van der Waals surface area contributed by atoms with Crippen molar-refractivity contribution < 1.29 is 9.53 Å². The number of Topliss-reactive ketones (excluding diaryl/α,β-unsaturated/α-hetero) is 1. The fourth-order valence-electron chi connectivity index (χ4n) is 2.49. The van der Waals surface area contributed by atoms with Crippen molar-refractivity contribution in [3.8, 4) is 11.4 Å². The molecule has 3 aromatic rings. The largest absolute Gasteiger partial charge is 0.474 e. The Kier molecular flexibility index (Phi) is 2.50. The van der Waals surface area contributed by atoms with Crippen LogP contribution in [0.1, 0.15) is 21.5 Å². The van der Waals surface area contributed by atoms with Crippen LogP contribution in [0.4, 0.5) is 0 Å². The summed E-state index contributed by atoms with van der Waals surface area (Å²) in [7, 11) is 0. The molecular weight excluding hydrogens is 270 g/mol. The van der Waals surface area contributed by atoms with Crippen LogP contribution in [0.5, 0.6) is 5.75 Å². The van der Waals surface area contributed by atoms with Crippen LogP contribution in [0.3, 0.4) is 0 Å². The second-order valence-corrected chi connectivity index (χ2v) is 5.59. The van der Waals surface area contributed by atoms with Gasteiger partial charge in [0.05, 0.1) is 16.3 Å². The predicted octanol–water partition coefficient (Wildman–Crippen LogP) is 3.86.